The number of nitrogens with two attached hydrogens (primary N) is 1. The van der Waals surface area contributed by atoms with Crippen molar-refractivity contribution < 1.29 is 33.8 Å². The Bertz CT molecular complexity index is 844. The van der Waals surface area contributed by atoms with Gasteiger partial charge in [-0.05, 0) is 19.2 Å². The Hall–Kier alpha value is -2.85. The Kier molecular flexibility index (Phi) is 3.79. The van der Waals surface area contributed by atoms with Crippen LogP contribution in [0, 0.1) is 0 Å². The fourth-order valence-electron chi connectivity index (χ4n) is 4.25. The van der Waals surface area contributed by atoms with Crippen LogP contribution in [0.25, 0.3) is 0 Å². The van der Waals surface area contributed by atoms with Crippen LogP contribution in [0.15, 0.2) is 12.1 Å². The van der Waals surface area contributed by atoms with Gasteiger partial charge in [-0.15, -0.1) is 0 Å². The first-order chi connectivity index (χ1) is 12.8. The number of phenols is 1. The molecule has 5 atom stereocenters. The Morgan fingerprint density at radius 3 is 2.85 bits per heavy atom. The Labute approximate surface area is 154 Å². The summed E-state index contributed by atoms with van der Waals surface area (Å²) in [6, 6.07) is 2.63. The van der Waals surface area contributed by atoms with Gasteiger partial charge in [0.2, 0.25) is 0 Å². The Balaban J connectivity index is 1.89. The van der Waals surface area contributed by atoms with Crippen molar-refractivity contribution in [2.45, 2.75) is 30.7 Å². The van der Waals surface area contributed by atoms with Gasteiger partial charge in [0.05, 0.1) is 30.2 Å². The molecule has 3 heterocycles. The van der Waals surface area contributed by atoms with E-state index in [0.29, 0.717) is 24.1 Å². The minimum atomic E-state index is -1.49. The summed E-state index contributed by atoms with van der Waals surface area (Å²) in [6.45, 7) is 1.45. The first-order valence-electron chi connectivity index (χ1n) is 8.41. The summed E-state index contributed by atoms with van der Waals surface area (Å²) in [5.41, 5.74) is 6.20. The number of carbonyl (C=O) groups is 3. The van der Waals surface area contributed by atoms with Gasteiger partial charge in [0.1, 0.15) is 18.6 Å². The van der Waals surface area contributed by atoms with E-state index in [0.717, 1.165) is 0 Å². The van der Waals surface area contributed by atoms with Crippen LogP contribution < -0.4 is 10.8 Å². The predicted molar refractivity (Wildman–Crippen MR) is 90.0 cm³/mol. The number of primary amides is 1. The molecule has 0 radical (unpaired) electrons. The molecule has 2 fully saturated rings. The number of aldehydes is 1. The first-order valence-corrected chi connectivity index (χ1v) is 8.41. The summed E-state index contributed by atoms with van der Waals surface area (Å²) in [6.07, 6.45) is -0.392. The molecule has 3 aliphatic heterocycles. The van der Waals surface area contributed by atoms with Gasteiger partial charge < -0.3 is 20.3 Å². The largest absolute Gasteiger partial charge is 0.508 e. The number of amides is 1. The van der Waals surface area contributed by atoms with Crippen molar-refractivity contribution in [2.75, 3.05) is 25.3 Å². The summed E-state index contributed by atoms with van der Waals surface area (Å²) < 4.78 is 10.6. The lowest BCUT2D eigenvalue weighted by Crippen LogP contribution is -2.61. The van der Waals surface area contributed by atoms with Crippen molar-refractivity contribution >= 4 is 24.0 Å². The summed E-state index contributed by atoms with van der Waals surface area (Å²) >= 11 is 0. The van der Waals surface area contributed by atoms with Gasteiger partial charge in [0.15, 0.2) is 0 Å². The molecule has 3 N–H and O–H groups in total. The Morgan fingerprint density at radius 1 is 1.48 bits per heavy atom. The maximum absolute atomic E-state index is 11.9. The van der Waals surface area contributed by atoms with Gasteiger partial charge >= 0.3 is 12.1 Å². The normalized spacial score (nSPS) is 32.7. The minimum absolute atomic E-state index is 0.0318. The fourth-order valence-corrected chi connectivity index (χ4v) is 4.25. The van der Waals surface area contributed by atoms with E-state index >= 15 is 0 Å². The molecule has 0 saturated carbocycles. The number of benzene rings is 1. The molecular formula is C17H19N3O7. The molecule has 10 heteroatoms. The number of phenolic OH excluding ortho intramolecular Hbond substituents is 1. The maximum atomic E-state index is 11.9. The second-order valence-corrected chi connectivity index (χ2v) is 6.92. The molecular weight excluding hydrogens is 358 g/mol. The fraction of sp³-hybridized carbons (Fsp3) is 0.471. The lowest BCUT2D eigenvalue weighted by atomic mass is 9.82. The molecule has 5 unspecified atom stereocenters. The highest BCUT2D eigenvalue weighted by atomic mass is 16.8. The standard InChI is InChI=1S/C17H19N3O7/c1-8(22)26-17-10(7-25-16(18)24)14-11(3-9(6-21)4-13(14)23)20(27-17)5-12-15(17)19(12)2/h3-4,6,10,12,15,23H,5,7H2,1-2H3,(H2,18,24). The molecule has 0 aromatic heterocycles. The number of ether oxygens (including phenoxy) is 2. The number of nitrogens with zero attached hydrogens (tertiary/aromatic N) is 2. The molecule has 2 saturated heterocycles. The molecule has 1 aromatic rings. The van der Waals surface area contributed by atoms with Crippen LogP contribution in [-0.4, -0.2) is 66.4 Å². The van der Waals surface area contributed by atoms with Crippen LogP contribution in [0.2, 0.25) is 0 Å². The molecule has 1 amide bonds. The average molecular weight is 377 g/mol. The van der Waals surface area contributed by atoms with Crippen LogP contribution in [0.1, 0.15) is 28.8 Å². The summed E-state index contributed by atoms with van der Waals surface area (Å²) in [5.74, 6) is -3.09. The topological polar surface area (TPSA) is 131 Å². The number of anilines is 1. The van der Waals surface area contributed by atoms with Crippen LogP contribution in [0.5, 0.6) is 5.75 Å². The van der Waals surface area contributed by atoms with Crippen molar-refractivity contribution in [1.29, 1.82) is 0 Å². The molecule has 10 nitrogen and oxygen atoms in total. The van der Waals surface area contributed by atoms with Crippen molar-refractivity contribution in [3.63, 3.8) is 0 Å². The zero-order chi connectivity index (χ0) is 19.5. The third-order valence-corrected chi connectivity index (χ3v) is 5.35. The van der Waals surface area contributed by atoms with E-state index in [9.17, 15) is 19.5 Å². The van der Waals surface area contributed by atoms with Gasteiger partial charge in [-0.2, -0.15) is 0 Å². The van der Waals surface area contributed by atoms with Crippen LogP contribution in [0.3, 0.4) is 0 Å². The molecule has 0 spiro atoms. The van der Waals surface area contributed by atoms with Gasteiger partial charge in [-0.3, -0.25) is 14.5 Å². The highest BCUT2D eigenvalue weighted by Gasteiger charge is 2.71. The van der Waals surface area contributed by atoms with Crippen LogP contribution in [-0.2, 0) is 19.1 Å². The minimum Gasteiger partial charge on any atom is -0.508 e. The van der Waals surface area contributed by atoms with Gasteiger partial charge in [-0.25, -0.2) is 14.7 Å². The molecule has 27 heavy (non-hydrogen) atoms. The van der Waals surface area contributed by atoms with Crippen molar-refractivity contribution in [3.8, 4) is 5.75 Å². The molecule has 0 aliphatic carbocycles. The Morgan fingerprint density at radius 2 is 2.22 bits per heavy atom. The monoisotopic (exact) mass is 377 g/mol. The highest BCUT2D eigenvalue weighted by Crippen LogP contribution is 2.57. The third kappa shape index (κ3) is 2.52. The number of fused-ring (bicyclic) bond motifs is 6. The van der Waals surface area contributed by atoms with E-state index in [4.69, 9.17) is 20.0 Å². The van der Waals surface area contributed by atoms with E-state index in [1.807, 2.05) is 11.9 Å². The zero-order valence-corrected chi connectivity index (χ0v) is 14.7. The van der Waals surface area contributed by atoms with Gasteiger partial charge in [0, 0.05) is 18.1 Å². The van der Waals surface area contributed by atoms with E-state index < -0.39 is 23.8 Å². The highest BCUT2D eigenvalue weighted by molar-refractivity contribution is 5.81. The third-order valence-electron chi connectivity index (χ3n) is 5.35. The number of likely N-dealkylation sites (N-methyl/N-ethyl adjacent to an activating group) is 1. The van der Waals surface area contributed by atoms with E-state index in [1.165, 1.54) is 18.1 Å². The second kappa shape index (κ2) is 5.83. The van der Waals surface area contributed by atoms with Crippen molar-refractivity contribution in [2.24, 2.45) is 5.73 Å². The zero-order valence-electron chi connectivity index (χ0n) is 14.7. The number of hydroxylamine groups is 1. The van der Waals surface area contributed by atoms with Crippen LogP contribution in [0.4, 0.5) is 10.5 Å². The van der Waals surface area contributed by atoms with Gasteiger partial charge in [0.25, 0.3) is 5.79 Å². The molecule has 4 rings (SSSR count). The smallest absolute Gasteiger partial charge is 0.404 e. The number of carbonyl (C=O) groups excluding carboxylic acids is 3. The molecule has 2 bridgehead atoms. The molecule has 3 aliphatic rings. The predicted octanol–water partition coefficient (Wildman–Crippen LogP) is 0.0908. The summed E-state index contributed by atoms with van der Waals surface area (Å²) in [7, 11) is 1.86. The summed E-state index contributed by atoms with van der Waals surface area (Å²) in [4.78, 5) is 42.3. The van der Waals surface area contributed by atoms with Crippen LogP contribution >= 0.6 is 0 Å². The van der Waals surface area contributed by atoms with E-state index in [-0.39, 0.29) is 30.0 Å². The van der Waals surface area contributed by atoms with E-state index in [1.54, 1.807) is 6.07 Å². The maximum Gasteiger partial charge on any atom is 0.404 e. The number of hydrogen-bond donors (Lipinski definition) is 2. The van der Waals surface area contributed by atoms with Gasteiger partial charge in [-0.1, -0.05) is 0 Å². The summed E-state index contributed by atoms with van der Waals surface area (Å²) in [5, 5.41) is 12.1. The molecule has 1 aromatic carbocycles. The van der Waals surface area contributed by atoms with Crippen molar-refractivity contribution in [1.82, 2.24) is 4.90 Å². The SMILES string of the molecule is CC(=O)OC12ON(CC3C1N3C)c1cc(C=O)cc(O)c1C2COC(N)=O. The quantitative estimate of drug-likeness (QED) is 0.426. The number of esters is 1. The average Bonchev–Trinajstić information content (AvgIpc) is 3.25. The van der Waals surface area contributed by atoms with Crippen molar-refractivity contribution in [3.05, 3.63) is 23.3 Å². The van der Waals surface area contributed by atoms with E-state index in [2.05, 4.69) is 0 Å². The first kappa shape index (κ1) is 17.6. The second-order valence-electron chi connectivity index (χ2n) is 6.92. The lowest BCUT2D eigenvalue weighted by molar-refractivity contribution is -0.265. The molecule has 144 valence electrons. The number of hydrogen-bond acceptors (Lipinski definition) is 9. The number of aromatic hydroxyl groups is 1. The lowest BCUT2D eigenvalue weighted by Gasteiger charge is -2.49. The number of rotatable bonds is 4.